The highest BCUT2D eigenvalue weighted by molar-refractivity contribution is 5.73. The zero-order valence-electron chi connectivity index (χ0n) is 13.6. The van der Waals surface area contributed by atoms with E-state index in [0.717, 1.165) is 52.1 Å². The molecule has 21 heavy (non-hydrogen) atoms. The van der Waals surface area contributed by atoms with Crippen LogP contribution in [0.15, 0.2) is 0 Å². The summed E-state index contributed by atoms with van der Waals surface area (Å²) >= 11 is 0. The molecule has 0 radical (unpaired) electrons. The molecule has 2 atom stereocenters. The lowest BCUT2D eigenvalue weighted by Crippen LogP contribution is -2.56. The summed E-state index contributed by atoms with van der Waals surface area (Å²) in [6, 6.07) is 1.09. The summed E-state index contributed by atoms with van der Waals surface area (Å²) in [5.41, 5.74) is 0. The van der Waals surface area contributed by atoms with Gasteiger partial charge in [0, 0.05) is 45.4 Å². The van der Waals surface area contributed by atoms with E-state index < -0.39 is 0 Å². The van der Waals surface area contributed by atoms with Gasteiger partial charge in [0.15, 0.2) is 0 Å². The largest absolute Gasteiger partial charge is 0.381 e. The normalized spacial score (nSPS) is 28.6. The lowest BCUT2D eigenvalue weighted by molar-refractivity contribution is -0.00106. The van der Waals surface area contributed by atoms with Crippen LogP contribution < -0.4 is 10.6 Å². The zero-order chi connectivity index (χ0) is 15.2. The highest BCUT2D eigenvalue weighted by Gasteiger charge is 2.34. The van der Waals surface area contributed by atoms with Gasteiger partial charge in [-0.15, -0.1) is 0 Å². The second-order valence-electron chi connectivity index (χ2n) is 6.38. The summed E-state index contributed by atoms with van der Waals surface area (Å²) in [5, 5.41) is 5.59. The maximum Gasteiger partial charge on any atom is 0.314 e. The van der Waals surface area contributed by atoms with Crippen molar-refractivity contribution in [3.8, 4) is 0 Å². The molecular weight excluding hydrogens is 268 g/mol. The van der Waals surface area contributed by atoms with Crippen LogP contribution in [0.1, 0.15) is 19.3 Å². The summed E-state index contributed by atoms with van der Waals surface area (Å²) in [6.07, 6.45) is 3.45. The van der Waals surface area contributed by atoms with Gasteiger partial charge in [-0.25, -0.2) is 4.79 Å². The fourth-order valence-corrected chi connectivity index (χ4v) is 3.52. The number of hydrogen-bond acceptors (Lipinski definition) is 4. The van der Waals surface area contributed by atoms with E-state index >= 15 is 0 Å². The van der Waals surface area contributed by atoms with Crippen LogP contribution in [-0.2, 0) is 4.74 Å². The molecule has 2 aliphatic rings. The Balaban J connectivity index is 1.89. The van der Waals surface area contributed by atoms with Crippen LogP contribution in [0.25, 0.3) is 0 Å². The molecule has 2 heterocycles. The highest BCUT2D eigenvalue weighted by Crippen LogP contribution is 2.25. The van der Waals surface area contributed by atoms with Crippen molar-refractivity contribution in [2.75, 3.05) is 54.0 Å². The fourth-order valence-electron chi connectivity index (χ4n) is 3.52. The average molecular weight is 298 g/mol. The van der Waals surface area contributed by atoms with Crippen molar-refractivity contribution < 1.29 is 9.53 Å². The van der Waals surface area contributed by atoms with Crippen molar-refractivity contribution in [2.24, 2.45) is 5.92 Å². The fraction of sp³-hybridized carbons (Fsp3) is 0.933. The summed E-state index contributed by atoms with van der Waals surface area (Å²) in [4.78, 5) is 16.3. The molecule has 2 rings (SSSR count). The van der Waals surface area contributed by atoms with E-state index in [1.165, 1.54) is 0 Å². The molecule has 0 aromatic carbocycles. The van der Waals surface area contributed by atoms with E-state index in [2.05, 4.69) is 34.5 Å². The van der Waals surface area contributed by atoms with Gasteiger partial charge in [0.2, 0.25) is 0 Å². The Morgan fingerprint density at radius 2 is 2.00 bits per heavy atom. The van der Waals surface area contributed by atoms with Crippen molar-refractivity contribution in [1.29, 1.82) is 0 Å². The van der Waals surface area contributed by atoms with Crippen LogP contribution in [-0.4, -0.2) is 81.9 Å². The molecule has 2 saturated heterocycles. The predicted molar refractivity (Wildman–Crippen MR) is 83.5 cm³/mol. The Labute approximate surface area is 128 Å². The molecule has 0 aromatic rings. The molecule has 0 spiro atoms. The number of carbonyl (C=O) groups excluding carboxylic acids is 1. The van der Waals surface area contributed by atoms with E-state index in [-0.39, 0.29) is 6.03 Å². The molecule has 2 N–H and O–H groups in total. The van der Waals surface area contributed by atoms with Gasteiger partial charge in [0.05, 0.1) is 0 Å². The van der Waals surface area contributed by atoms with Crippen molar-refractivity contribution in [3.63, 3.8) is 0 Å². The summed E-state index contributed by atoms with van der Waals surface area (Å²) in [7, 11) is 5.95. The topological polar surface area (TPSA) is 56.8 Å². The molecule has 0 saturated carbocycles. The van der Waals surface area contributed by atoms with Gasteiger partial charge in [-0.1, -0.05) is 0 Å². The lowest BCUT2D eigenvalue weighted by Gasteiger charge is -2.45. The van der Waals surface area contributed by atoms with Crippen LogP contribution in [0, 0.1) is 5.92 Å². The van der Waals surface area contributed by atoms with E-state index in [0.29, 0.717) is 18.0 Å². The summed E-state index contributed by atoms with van der Waals surface area (Å²) < 4.78 is 5.47. The second kappa shape index (κ2) is 7.96. The zero-order valence-corrected chi connectivity index (χ0v) is 13.6. The maximum absolute atomic E-state index is 11.4. The Hall–Kier alpha value is -0.850. The molecule has 0 bridgehead atoms. The van der Waals surface area contributed by atoms with Crippen molar-refractivity contribution in [3.05, 3.63) is 0 Å². The molecule has 2 fully saturated rings. The molecule has 122 valence electrons. The number of urea groups is 1. The summed E-state index contributed by atoms with van der Waals surface area (Å²) in [5.74, 6) is 0.522. The predicted octanol–water partition coefficient (Wildman–Crippen LogP) is 0.347. The first-order valence-electron chi connectivity index (χ1n) is 8.05. The van der Waals surface area contributed by atoms with Crippen LogP contribution in [0.5, 0.6) is 0 Å². The SMILES string of the molecule is CNC(=O)NC[C@H]1CCN(C2CCOCC2)C[C@H]1N(C)C. The van der Waals surface area contributed by atoms with Gasteiger partial charge >= 0.3 is 6.03 Å². The Morgan fingerprint density at radius 3 is 2.62 bits per heavy atom. The number of amides is 2. The van der Waals surface area contributed by atoms with E-state index in [1.54, 1.807) is 7.05 Å². The number of rotatable bonds is 4. The number of nitrogens with one attached hydrogen (secondary N) is 2. The minimum atomic E-state index is -0.0839. The molecule has 0 aliphatic carbocycles. The first-order valence-corrected chi connectivity index (χ1v) is 8.05. The molecule has 0 aromatic heterocycles. The van der Waals surface area contributed by atoms with Crippen LogP contribution in [0.4, 0.5) is 4.79 Å². The average Bonchev–Trinajstić information content (AvgIpc) is 2.53. The third kappa shape index (κ3) is 4.56. The monoisotopic (exact) mass is 298 g/mol. The van der Waals surface area contributed by atoms with Crippen LogP contribution in [0.3, 0.4) is 0 Å². The Morgan fingerprint density at radius 1 is 1.29 bits per heavy atom. The van der Waals surface area contributed by atoms with Crippen molar-refractivity contribution in [2.45, 2.75) is 31.3 Å². The van der Waals surface area contributed by atoms with Crippen molar-refractivity contribution in [1.82, 2.24) is 20.4 Å². The van der Waals surface area contributed by atoms with Gasteiger partial charge in [-0.05, 0) is 45.8 Å². The number of hydrogen-bond donors (Lipinski definition) is 2. The quantitative estimate of drug-likeness (QED) is 0.786. The van der Waals surface area contributed by atoms with Crippen LogP contribution >= 0.6 is 0 Å². The number of carbonyl (C=O) groups is 1. The molecular formula is C15H30N4O2. The van der Waals surface area contributed by atoms with Gasteiger partial charge in [-0.3, -0.25) is 4.90 Å². The number of nitrogens with zero attached hydrogens (tertiary/aromatic N) is 2. The number of ether oxygens (including phenoxy) is 1. The standard InChI is InChI=1S/C15H30N4O2/c1-16-15(20)17-10-12-4-7-19(11-14(12)18(2)3)13-5-8-21-9-6-13/h12-14H,4-11H2,1-3H3,(H2,16,17,20)/t12-,14-/m1/s1. The van der Waals surface area contributed by atoms with E-state index in [4.69, 9.17) is 4.74 Å². The molecule has 6 heteroatoms. The third-order valence-corrected chi connectivity index (χ3v) is 4.88. The maximum atomic E-state index is 11.4. The Bertz CT molecular complexity index is 332. The van der Waals surface area contributed by atoms with Gasteiger partial charge in [0.1, 0.15) is 0 Å². The van der Waals surface area contributed by atoms with E-state index in [9.17, 15) is 4.79 Å². The first-order chi connectivity index (χ1) is 10.1. The van der Waals surface area contributed by atoms with Gasteiger partial charge in [0.25, 0.3) is 0 Å². The Kier molecular flexibility index (Phi) is 6.26. The highest BCUT2D eigenvalue weighted by atomic mass is 16.5. The number of likely N-dealkylation sites (N-methyl/N-ethyl adjacent to an activating group) is 1. The third-order valence-electron chi connectivity index (χ3n) is 4.88. The van der Waals surface area contributed by atoms with Gasteiger partial charge in [-0.2, -0.15) is 0 Å². The number of likely N-dealkylation sites (tertiary alicyclic amines) is 1. The molecule has 0 unspecified atom stereocenters. The molecule has 2 amide bonds. The lowest BCUT2D eigenvalue weighted by atomic mass is 9.89. The first kappa shape index (κ1) is 16.5. The van der Waals surface area contributed by atoms with Gasteiger partial charge < -0.3 is 20.3 Å². The van der Waals surface area contributed by atoms with E-state index in [1.807, 2.05) is 0 Å². The molecule has 6 nitrogen and oxygen atoms in total. The summed E-state index contributed by atoms with van der Waals surface area (Å²) in [6.45, 7) is 4.78. The molecule has 2 aliphatic heterocycles. The second-order valence-corrected chi connectivity index (χ2v) is 6.38. The smallest absolute Gasteiger partial charge is 0.314 e. The van der Waals surface area contributed by atoms with Crippen molar-refractivity contribution >= 4 is 6.03 Å². The number of piperidine rings is 1. The minimum Gasteiger partial charge on any atom is -0.381 e. The minimum absolute atomic E-state index is 0.0839. The van der Waals surface area contributed by atoms with Crippen LogP contribution in [0.2, 0.25) is 0 Å².